The third-order valence-corrected chi connectivity index (χ3v) is 4.58. The Morgan fingerprint density at radius 3 is 2.80 bits per heavy atom. The van der Waals surface area contributed by atoms with E-state index in [1.54, 1.807) is 6.07 Å². The van der Waals surface area contributed by atoms with Crippen LogP contribution in [0.15, 0.2) is 46.9 Å². The predicted molar refractivity (Wildman–Crippen MR) is 83.0 cm³/mol. The largest absolute Gasteiger partial charge is 0.324 e. The molecular formula is C17H17BrFN. The highest BCUT2D eigenvalue weighted by molar-refractivity contribution is 9.10. The Hall–Kier alpha value is -1.19. The topological polar surface area (TPSA) is 26.0 Å². The fourth-order valence-electron chi connectivity index (χ4n) is 3.12. The summed E-state index contributed by atoms with van der Waals surface area (Å²) >= 11 is 3.35. The third-order valence-electron chi connectivity index (χ3n) is 4.13. The maximum Gasteiger partial charge on any atom is 0.124 e. The first kappa shape index (κ1) is 13.8. The van der Waals surface area contributed by atoms with Gasteiger partial charge in [0.2, 0.25) is 0 Å². The van der Waals surface area contributed by atoms with Crippen molar-refractivity contribution in [2.24, 2.45) is 11.7 Å². The van der Waals surface area contributed by atoms with Crippen LogP contribution in [0, 0.1) is 11.7 Å². The van der Waals surface area contributed by atoms with Gasteiger partial charge in [-0.05, 0) is 60.1 Å². The van der Waals surface area contributed by atoms with Gasteiger partial charge < -0.3 is 5.73 Å². The zero-order valence-corrected chi connectivity index (χ0v) is 12.7. The van der Waals surface area contributed by atoms with Crippen LogP contribution >= 0.6 is 15.9 Å². The molecule has 2 atom stereocenters. The van der Waals surface area contributed by atoms with Crippen molar-refractivity contribution in [2.45, 2.75) is 25.3 Å². The van der Waals surface area contributed by atoms with Crippen LogP contribution in [0.1, 0.15) is 29.2 Å². The highest BCUT2D eigenvalue weighted by Crippen LogP contribution is 2.35. The van der Waals surface area contributed by atoms with E-state index in [2.05, 4.69) is 34.1 Å². The van der Waals surface area contributed by atoms with E-state index >= 15 is 0 Å². The average molecular weight is 334 g/mol. The molecule has 0 heterocycles. The van der Waals surface area contributed by atoms with E-state index in [1.165, 1.54) is 17.2 Å². The molecule has 0 radical (unpaired) electrons. The zero-order valence-electron chi connectivity index (χ0n) is 11.2. The Morgan fingerprint density at radius 1 is 1.20 bits per heavy atom. The molecule has 0 spiro atoms. The summed E-state index contributed by atoms with van der Waals surface area (Å²) in [4.78, 5) is 0. The van der Waals surface area contributed by atoms with E-state index in [-0.39, 0.29) is 11.9 Å². The van der Waals surface area contributed by atoms with Crippen LogP contribution in [0.2, 0.25) is 0 Å². The van der Waals surface area contributed by atoms with Gasteiger partial charge in [0.25, 0.3) is 0 Å². The lowest BCUT2D eigenvalue weighted by Gasteiger charge is -2.31. The first-order chi connectivity index (χ1) is 9.63. The number of nitrogens with two attached hydrogens (primary N) is 1. The molecule has 2 N–H and O–H groups in total. The Balaban J connectivity index is 1.82. The number of rotatable bonds is 2. The van der Waals surface area contributed by atoms with Crippen molar-refractivity contribution in [1.82, 2.24) is 0 Å². The summed E-state index contributed by atoms with van der Waals surface area (Å²) in [6, 6.07) is 13.5. The maximum absolute atomic E-state index is 13.5. The van der Waals surface area contributed by atoms with E-state index in [9.17, 15) is 4.39 Å². The van der Waals surface area contributed by atoms with Gasteiger partial charge in [-0.25, -0.2) is 4.39 Å². The molecule has 0 bridgehead atoms. The monoisotopic (exact) mass is 333 g/mol. The van der Waals surface area contributed by atoms with Crippen molar-refractivity contribution in [3.63, 3.8) is 0 Å². The van der Waals surface area contributed by atoms with Crippen LogP contribution < -0.4 is 5.73 Å². The van der Waals surface area contributed by atoms with Crippen molar-refractivity contribution >= 4 is 15.9 Å². The van der Waals surface area contributed by atoms with Crippen molar-refractivity contribution in [1.29, 1.82) is 0 Å². The van der Waals surface area contributed by atoms with Crippen molar-refractivity contribution < 1.29 is 4.39 Å². The van der Waals surface area contributed by atoms with Crippen molar-refractivity contribution in [2.75, 3.05) is 0 Å². The molecule has 2 aromatic carbocycles. The fraction of sp³-hybridized carbons (Fsp3) is 0.294. The van der Waals surface area contributed by atoms with E-state index in [0.29, 0.717) is 5.92 Å². The van der Waals surface area contributed by atoms with Crippen molar-refractivity contribution in [3.05, 3.63) is 69.4 Å². The molecule has 0 fully saturated rings. The number of hydrogen-bond acceptors (Lipinski definition) is 1. The standard InChI is InChI=1S/C17H17BrFN/c18-14-8-11(9-15(19)10-14)7-13-6-5-12-3-1-2-4-16(12)17(13)20/h1-4,8-10,13,17H,5-7,20H2. The Labute approximate surface area is 127 Å². The third kappa shape index (κ3) is 2.79. The SMILES string of the molecule is NC1c2ccccc2CCC1Cc1cc(F)cc(Br)c1. The minimum Gasteiger partial charge on any atom is -0.324 e. The van der Waals surface area contributed by atoms with Crippen molar-refractivity contribution in [3.8, 4) is 0 Å². The van der Waals surface area contributed by atoms with Gasteiger partial charge in [0.15, 0.2) is 0 Å². The second-order valence-corrected chi connectivity index (χ2v) is 6.42. The molecule has 0 aliphatic heterocycles. The lowest BCUT2D eigenvalue weighted by molar-refractivity contribution is 0.376. The normalized spacial score (nSPS) is 21.6. The maximum atomic E-state index is 13.5. The molecule has 0 saturated heterocycles. The molecular weight excluding hydrogens is 317 g/mol. The van der Waals surface area contributed by atoms with Gasteiger partial charge in [-0.3, -0.25) is 0 Å². The Morgan fingerprint density at radius 2 is 2.00 bits per heavy atom. The number of fused-ring (bicyclic) bond motifs is 1. The van der Waals surface area contributed by atoms with Gasteiger partial charge in [0.1, 0.15) is 5.82 Å². The molecule has 3 rings (SSSR count). The highest BCUT2D eigenvalue weighted by Gasteiger charge is 2.26. The van der Waals surface area contributed by atoms with Crippen LogP contribution in [-0.4, -0.2) is 0 Å². The minimum absolute atomic E-state index is 0.0435. The van der Waals surface area contributed by atoms with E-state index < -0.39 is 0 Å². The average Bonchev–Trinajstić information content (AvgIpc) is 2.41. The van der Waals surface area contributed by atoms with Gasteiger partial charge in [-0.2, -0.15) is 0 Å². The summed E-state index contributed by atoms with van der Waals surface area (Å²) in [5.74, 6) is 0.178. The van der Waals surface area contributed by atoms with Crippen LogP contribution in [0.3, 0.4) is 0 Å². The summed E-state index contributed by atoms with van der Waals surface area (Å²) in [6.45, 7) is 0. The molecule has 1 aliphatic carbocycles. The molecule has 2 aromatic rings. The summed E-state index contributed by atoms with van der Waals surface area (Å²) in [5.41, 5.74) is 10.0. The fourth-order valence-corrected chi connectivity index (χ4v) is 3.63. The van der Waals surface area contributed by atoms with Crippen LogP contribution in [0.4, 0.5) is 4.39 Å². The molecule has 2 unspecified atom stereocenters. The van der Waals surface area contributed by atoms with Crippen LogP contribution in [-0.2, 0) is 12.8 Å². The van der Waals surface area contributed by atoms with E-state index in [0.717, 1.165) is 29.3 Å². The Bertz CT molecular complexity index is 606. The van der Waals surface area contributed by atoms with Gasteiger partial charge >= 0.3 is 0 Å². The first-order valence-corrected chi connectivity index (χ1v) is 7.71. The minimum atomic E-state index is -0.195. The van der Waals surface area contributed by atoms with Gasteiger partial charge in [-0.1, -0.05) is 40.2 Å². The lowest BCUT2D eigenvalue weighted by Crippen LogP contribution is -2.28. The number of benzene rings is 2. The molecule has 1 aliphatic rings. The summed E-state index contributed by atoms with van der Waals surface area (Å²) in [6.07, 6.45) is 2.95. The molecule has 104 valence electrons. The number of aryl methyl sites for hydroxylation is 1. The van der Waals surface area contributed by atoms with Gasteiger partial charge in [0.05, 0.1) is 0 Å². The summed E-state index contributed by atoms with van der Waals surface area (Å²) in [5, 5.41) is 0. The first-order valence-electron chi connectivity index (χ1n) is 6.92. The predicted octanol–water partition coefficient (Wildman–Crippen LogP) is 4.39. The van der Waals surface area contributed by atoms with Crippen LogP contribution in [0.5, 0.6) is 0 Å². The molecule has 1 nitrogen and oxygen atoms in total. The molecule has 0 aromatic heterocycles. The smallest absolute Gasteiger partial charge is 0.124 e. The summed E-state index contributed by atoms with van der Waals surface area (Å²) < 4.78 is 14.2. The number of halogens is 2. The van der Waals surface area contributed by atoms with Gasteiger partial charge in [-0.15, -0.1) is 0 Å². The molecule has 20 heavy (non-hydrogen) atoms. The highest BCUT2D eigenvalue weighted by atomic mass is 79.9. The quantitative estimate of drug-likeness (QED) is 0.866. The molecule has 0 saturated carbocycles. The summed E-state index contributed by atoms with van der Waals surface area (Å²) in [7, 11) is 0. The Kier molecular flexibility index (Phi) is 3.90. The molecule has 0 amide bonds. The second kappa shape index (κ2) is 5.66. The van der Waals surface area contributed by atoms with Crippen LogP contribution in [0.25, 0.3) is 0 Å². The second-order valence-electron chi connectivity index (χ2n) is 5.51. The number of hydrogen-bond donors (Lipinski definition) is 1. The van der Waals surface area contributed by atoms with Gasteiger partial charge in [0, 0.05) is 10.5 Å². The van der Waals surface area contributed by atoms with E-state index in [4.69, 9.17) is 5.73 Å². The molecule has 3 heteroatoms. The zero-order chi connectivity index (χ0) is 14.1. The van der Waals surface area contributed by atoms with E-state index in [1.807, 2.05) is 12.1 Å². The lowest BCUT2D eigenvalue weighted by atomic mass is 9.77.